The number of amides is 1. The van der Waals surface area contributed by atoms with E-state index in [0.717, 1.165) is 5.56 Å². The number of benzene rings is 1. The maximum atomic E-state index is 12.7. The Morgan fingerprint density at radius 1 is 1.16 bits per heavy atom. The zero-order chi connectivity index (χ0) is 22.0. The minimum Gasteiger partial charge on any atom is -0.361 e. The van der Waals surface area contributed by atoms with Crippen LogP contribution in [0.5, 0.6) is 0 Å². The molecule has 4 aromatic rings. The molecule has 12 heteroatoms. The largest absolute Gasteiger partial charge is 0.389 e. The summed E-state index contributed by atoms with van der Waals surface area (Å²) in [6.07, 6.45) is 3.17. The van der Waals surface area contributed by atoms with Crippen molar-refractivity contribution in [2.24, 2.45) is 0 Å². The number of aromatic nitrogens is 5. The fourth-order valence-electron chi connectivity index (χ4n) is 2.95. The molecule has 0 saturated carbocycles. The number of carbonyl (C=O) groups is 1. The number of nitrogens with one attached hydrogen (secondary N) is 1. The summed E-state index contributed by atoms with van der Waals surface area (Å²) in [7, 11) is 0. The first-order valence-electron chi connectivity index (χ1n) is 9.12. The first-order valence-corrected chi connectivity index (χ1v) is 9.49. The van der Waals surface area contributed by atoms with Crippen LogP contribution < -0.4 is 5.32 Å². The van der Waals surface area contributed by atoms with E-state index in [2.05, 4.69) is 20.7 Å². The molecule has 0 saturated heterocycles. The summed E-state index contributed by atoms with van der Waals surface area (Å²) < 4.78 is 8.14. The first kappa shape index (κ1) is 20.3. The van der Waals surface area contributed by atoms with Gasteiger partial charge in [-0.05, 0) is 23.5 Å². The van der Waals surface area contributed by atoms with Gasteiger partial charge in [0.25, 0.3) is 5.91 Å². The van der Waals surface area contributed by atoms with Crippen molar-refractivity contribution in [3.63, 3.8) is 0 Å². The quantitative estimate of drug-likeness (QED) is 0.343. The summed E-state index contributed by atoms with van der Waals surface area (Å²) in [4.78, 5) is 23.0. The number of hydrogen-bond acceptors (Lipinski definition) is 7. The molecule has 0 aliphatic rings. The lowest BCUT2D eigenvalue weighted by atomic mass is 10.2. The molecule has 0 aliphatic carbocycles. The van der Waals surface area contributed by atoms with Crippen LogP contribution in [0, 0.1) is 17.0 Å². The molecule has 1 amide bonds. The lowest BCUT2D eigenvalue weighted by molar-refractivity contribution is -0.389. The molecule has 0 unspecified atom stereocenters. The van der Waals surface area contributed by atoms with E-state index in [-0.39, 0.29) is 18.1 Å². The lowest BCUT2D eigenvalue weighted by Gasteiger charge is -2.04. The monoisotopic (exact) mass is 441 g/mol. The molecule has 31 heavy (non-hydrogen) atoms. The van der Waals surface area contributed by atoms with Crippen molar-refractivity contribution >= 4 is 29.1 Å². The molecule has 0 bridgehead atoms. The standard InChI is InChI=1S/C19H16ClN7O4/c1-12-14(11-26-9-7-17(23-26)27(29)30)18(24-31-12)19(28)21-16-6-8-25(22-16)10-13-4-2-3-5-15(13)20/h2-9H,10-11H2,1H3,(H,21,22,28). The van der Waals surface area contributed by atoms with E-state index in [1.165, 1.54) is 16.9 Å². The Hall–Kier alpha value is -3.99. The maximum absolute atomic E-state index is 12.7. The van der Waals surface area contributed by atoms with Gasteiger partial charge in [-0.2, -0.15) is 9.78 Å². The van der Waals surface area contributed by atoms with E-state index in [1.54, 1.807) is 29.9 Å². The van der Waals surface area contributed by atoms with Crippen LogP contribution in [0.4, 0.5) is 11.6 Å². The highest BCUT2D eigenvalue weighted by atomic mass is 35.5. The summed E-state index contributed by atoms with van der Waals surface area (Å²) >= 11 is 6.18. The van der Waals surface area contributed by atoms with Crippen LogP contribution in [-0.4, -0.2) is 35.5 Å². The molecule has 158 valence electrons. The lowest BCUT2D eigenvalue weighted by Crippen LogP contribution is -2.16. The fourth-order valence-corrected chi connectivity index (χ4v) is 3.14. The predicted octanol–water partition coefficient (Wildman–Crippen LogP) is 3.29. The zero-order valence-corrected chi connectivity index (χ0v) is 17.0. The minimum absolute atomic E-state index is 0.0521. The van der Waals surface area contributed by atoms with E-state index in [0.29, 0.717) is 28.7 Å². The summed E-state index contributed by atoms with van der Waals surface area (Å²) in [5, 5.41) is 26.1. The molecule has 0 fully saturated rings. The fraction of sp³-hybridized carbons (Fsp3) is 0.158. The summed E-state index contributed by atoms with van der Waals surface area (Å²) in [6.45, 7) is 2.18. The van der Waals surface area contributed by atoms with E-state index in [9.17, 15) is 14.9 Å². The molecule has 1 N–H and O–H groups in total. The van der Waals surface area contributed by atoms with E-state index < -0.39 is 10.8 Å². The van der Waals surface area contributed by atoms with Gasteiger partial charge in [-0.15, -0.1) is 0 Å². The number of nitro groups is 1. The van der Waals surface area contributed by atoms with Gasteiger partial charge in [-0.1, -0.05) is 35.0 Å². The highest BCUT2D eigenvalue weighted by molar-refractivity contribution is 6.31. The average molecular weight is 442 g/mol. The Morgan fingerprint density at radius 3 is 2.65 bits per heavy atom. The van der Waals surface area contributed by atoms with Crippen LogP contribution >= 0.6 is 11.6 Å². The smallest absolute Gasteiger partial charge is 0.361 e. The molecule has 3 aromatic heterocycles. The van der Waals surface area contributed by atoms with Gasteiger partial charge >= 0.3 is 5.82 Å². The topological polar surface area (TPSA) is 134 Å². The number of anilines is 1. The van der Waals surface area contributed by atoms with Gasteiger partial charge in [0.15, 0.2) is 11.5 Å². The Kier molecular flexibility index (Phi) is 5.50. The number of halogens is 1. The molecule has 0 radical (unpaired) electrons. The van der Waals surface area contributed by atoms with Crippen LogP contribution in [0.2, 0.25) is 5.02 Å². The van der Waals surface area contributed by atoms with Crippen molar-refractivity contribution < 1.29 is 14.2 Å². The van der Waals surface area contributed by atoms with Gasteiger partial charge in [0, 0.05) is 17.3 Å². The van der Waals surface area contributed by atoms with Gasteiger partial charge < -0.3 is 20.0 Å². The van der Waals surface area contributed by atoms with Gasteiger partial charge in [-0.25, -0.2) is 0 Å². The van der Waals surface area contributed by atoms with Crippen molar-refractivity contribution in [1.29, 1.82) is 0 Å². The van der Waals surface area contributed by atoms with Crippen molar-refractivity contribution in [3.05, 3.63) is 86.5 Å². The third kappa shape index (κ3) is 4.46. The highest BCUT2D eigenvalue weighted by Gasteiger charge is 2.23. The van der Waals surface area contributed by atoms with Crippen molar-refractivity contribution in [2.45, 2.75) is 20.0 Å². The normalized spacial score (nSPS) is 10.9. The Balaban J connectivity index is 1.47. The Morgan fingerprint density at radius 2 is 1.90 bits per heavy atom. The summed E-state index contributed by atoms with van der Waals surface area (Å²) in [6, 6.07) is 10.3. The second-order valence-corrected chi connectivity index (χ2v) is 7.05. The molecule has 0 atom stereocenters. The van der Waals surface area contributed by atoms with Crippen LogP contribution in [0.15, 0.2) is 53.3 Å². The second kappa shape index (κ2) is 8.40. The Labute approximate surface area is 180 Å². The van der Waals surface area contributed by atoms with Crippen LogP contribution in [0.1, 0.15) is 27.4 Å². The van der Waals surface area contributed by atoms with E-state index in [1.807, 2.05) is 18.2 Å². The predicted molar refractivity (Wildman–Crippen MR) is 110 cm³/mol. The molecule has 1 aromatic carbocycles. The number of hydrogen-bond donors (Lipinski definition) is 1. The maximum Gasteiger partial charge on any atom is 0.389 e. The molecule has 4 rings (SSSR count). The number of carbonyl (C=O) groups excluding carboxylic acids is 1. The van der Waals surface area contributed by atoms with Crippen LogP contribution in [0.25, 0.3) is 0 Å². The summed E-state index contributed by atoms with van der Waals surface area (Å²) in [5.74, 6) is -0.0633. The van der Waals surface area contributed by atoms with Crippen molar-refractivity contribution in [1.82, 2.24) is 24.7 Å². The molecule has 0 aliphatic heterocycles. The third-order valence-electron chi connectivity index (χ3n) is 4.51. The highest BCUT2D eigenvalue weighted by Crippen LogP contribution is 2.19. The summed E-state index contributed by atoms with van der Waals surface area (Å²) in [5.41, 5.74) is 1.41. The molecular formula is C19H16ClN7O4. The second-order valence-electron chi connectivity index (χ2n) is 6.64. The van der Waals surface area contributed by atoms with Gasteiger partial charge in [0.2, 0.25) is 0 Å². The van der Waals surface area contributed by atoms with E-state index >= 15 is 0 Å². The first-order chi connectivity index (χ1) is 14.9. The molecular weight excluding hydrogens is 426 g/mol. The van der Waals surface area contributed by atoms with Gasteiger partial charge in [0.05, 0.1) is 36.0 Å². The number of rotatable bonds is 7. The third-order valence-corrected chi connectivity index (χ3v) is 4.87. The SMILES string of the molecule is Cc1onc(C(=O)Nc2ccn(Cc3ccccc3Cl)n2)c1Cn1ccc([N+](=O)[O-])n1. The van der Waals surface area contributed by atoms with E-state index in [4.69, 9.17) is 16.1 Å². The van der Waals surface area contributed by atoms with Gasteiger partial charge in [-0.3, -0.25) is 9.48 Å². The molecule has 0 spiro atoms. The number of aryl methyl sites for hydroxylation is 1. The van der Waals surface area contributed by atoms with Gasteiger partial charge in [0.1, 0.15) is 5.76 Å². The van der Waals surface area contributed by atoms with Crippen LogP contribution in [0.3, 0.4) is 0 Å². The molecule has 11 nitrogen and oxygen atoms in total. The van der Waals surface area contributed by atoms with Crippen molar-refractivity contribution in [2.75, 3.05) is 5.32 Å². The van der Waals surface area contributed by atoms with Crippen LogP contribution in [-0.2, 0) is 13.1 Å². The van der Waals surface area contributed by atoms with Crippen molar-refractivity contribution in [3.8, 4) is 0 Å². The molecule has 3 heterocycles. The number of nitrogens with zero attached hydrogens (tertiary/aromatic N) is 6. The zero-order valence-electron chi connectivity index (χ0n) is 16.2. The Bertz CT molecular complexity index is 1260. The average Bonchev–Trinajstić information content (AvgIpc) is 3.46. The minimum atomic E-state index is -0.594.